The highest BCUT2D eigenvalue weighted by Crippen LogP contribution is 2.16. The zero-order valence-electron chi connectivity index (χ0n) is 16.6. The van der Waals surface area contributed by atoms with Crippen molar-refractivity contribution >= 4 is 17.0 Å². The van der Waals surface area contributed by atoms with Gasteiger partial charge in [-0.15, -0.1) is 10.2 Å². The summed E-state index contributed by atoms with van der Waals surface area (Å²) in [5, 5.41) is 15.3. The molecule has 2 aromatic heterocycles. The molecule has 0 unspecified atom stereocenters. The number of hydrogen-bond donors (Lipinski definition) is 2. The highest BCUT2D eigenvalue weighted by Gasteiger charge is 2.16. The van der Waals surface area contributed by atoms with Gasteiger partial charge in [-0.25, -0.2) is 9.98 Å². The number of aliphatic imine (C=N–C) groups is 1. The average molecular weight is 381 g/mol. The third-order valence-electron chi connectivity index (χ3n) is 5.11. The molecule has 3 aromatic rings. The van der Waals surface area contributed by atoms with E-state index >= 15 is 0 Å². The molecular formula is C20H28N8. The first-order valence-electron chi connectivity index (χ1n) is 10.1. The van der Waals surface area contributed by atoms with Crippen LogP contribution >= 0.6 is 0 Å². The van der Waals surface area contributed by atoms with Crippen molar-refractivity contribution in [1.82, 2.24) is 34.9 Å². The number of rotatable bonds is 7. The van der Waals surface area contributed by atoms with Crippen molar-refractivity contribution in [1.29, 1.82) is 0 Å². The Morgan fingerprint density at radius 2 is 2.11 bits per heavy atom. The molecule has 0 fully saturated rings. The van der Waals surface area contributed by atoms with Gasteiger partial charge in [-0.2, -0.15) is 0 Å². The van der Waals surface area contributed by atoms with Gasteiger partial charge >= 0.3 is 0 Å². The maximum absolute atomic E-state index is 4.69. The van der Waals surface area contributed by atoms with Gasteiger partial charge in [-0.05, 0) is 38.8 Å². The number of aryl methyl sites for hydroxylation is 3. The van der Waals surface area contributed by atoms with E-state index in [0.29, 0.717) is 6.54 Å². The summed E-state index contributed by atoms with van der Waals surface area (Å²) in [7, 11) is 0. The van der Waals surface area contributed by atoms with E-state index in [1.165, 1.54) is 5.52 Å². The molecule has 28 heavy (non-hydrogen) atoms. The van der Waals surface area contributed by atoms with Gasteiger partial charge in [0.1, 0.15) is 18.2 Å². The van der Waals surface area contributed by atoms with E-state index in [1.807, 2.05) is 6.07 Å². The molecular weight excluding hydrogens is 352 g/mol. The molecule has 0 radical (unpaired) electrons. The normalized spacial score (nSPS) is 13.9. The van der Waals surface area contributed by atoms with Crippen LogP contribution in [0, 0.1) is 6.92 Å². The van der Waals surface area contributed by atoms with Crippen molar-refractivity contribution in [2.75, 3.05) is 13.1 Å². The summed E-state index contributed by atoms with van der Waals surface area (Å²) in [5.74, 6) is 3.92. The highest BCUT2D eigenvalue weighted by atomic mass is 15.3. The van der Waals surface area contributed by atoms with Gasteiger partial charge in [0.05, 0.1) is 11.0 Å². The van der Waals surface area contributed by atoms with Crippen molar-refractivity contribution in [2.24, 2.45) is 4.99 Å². The lowest BCUT2D eigenvalue weighted by Gasteiger charge is -2.12. The Labute approximate surface area is 165 Å². The standard InChI is InChI=1S/C20H28N8/c1-3-21-20(23-14-19-26-25-18-10-6-12-28(18)19)22-11-7-13-27-15(2)24-16-8-4-5-9-17(16)27/h4-5,8-9H,3,6-7,10-14H2,1-2H3,(H2,21,22,23). The molecule has 2 N–H and O–H groups in total. The van der Waals surface area contributed by atoms with Gasteiger partial charge in [0.25, 0.3) is 0 Å². The maximum atomic E-state index is 4.69. The molecule has 3 heterocycles. The lowest BCUT2D eigenvalue weighted by Crippen LogP contribution is -2.38. The van der Waals surface area contributed by atoms with Crippen LogP contribution in [0.25, 0.3) is 11.0 Å². The van der Waals surface area contributed by atoms with Gasteiger partial charge in [-0.3, -0.25) is 0 Å². The van der Waals surface area contributed by atoms with E-state index in [4.69, 9.17) is 0 Å². The monoisotopic (exact) mass is 380 g/mol. The number of aromatic nitrogens is 5. The van der Waals surface area contributed by atoms with Crippen molar-refractivity contribution in [2.45, 2.75) is 52.7 Å². The fourth-order valence-corrected chi connectivity index (χ4v) is 3.74. The zero-order chi connectivity index (χ0) is 19.3. The van der Waals surface area contributed by atoms with E-state index in [9.17, 15) is 0 Å². The molecule has 8 heteroatoms. The fourth-order valence-electron chi connectivity index (χ4n) is 3.74. The Morgan fingerprint density at radius 3 is 3.00 bits per heavy atom. The highest BCUT2D eigenvalue weighted by molar-refractivity contribution is 5.79. The number of imidazole rings is 1. The molecule has 148 valence electrons. The first-order chi connectivity index (χ1) is 13.8. The third kappa shape index (κ3) is 3.85. The van der Waals surface area contributed by atoms with Crippen molar-refractivity contribution in [3.05, 3.63) is 41.7 Å². The first kappa shape index (κ1) is 18.5. The van der Waals surface area contributed by atoms with Crippen molar-refractivity contribution in [3.63, 3.8) is 0 Å². The van der Waals surface area contributed by atoms with E-state index < -0.39 is 0 Å². The Bertz CT molecular complexity index is 968. The topological polar surface area (TPSA) is 85.0 Å². The van der Waals surface area contributed by atoms with Crippen LogP contribution < -0.4 is 10.6 Å². The summed E-state index contributed by atoms with van der Waals surface area (Å²) in [4.78, 5) is 9.32. The largest absolute Gasteiger partial charge is 0.357 e. The summed E-state index contributed by atoms with van der Waals surface area (Å²) >= 11 is 0. The summed E-state index contributed by atoms with van der Waals surface area (Å²) in [5.41, 5.74) is 2.25. The minimum absolute atomic E-state index is 0.549. The first-order valence-corrected chi connectivity index (χ1v) is 10.1. The number of hydrogen-bond acceptors (Lipinski definition) is 4. The van der Waals surface area contributed by atoms with E-state index in [0.717, 1.165) is 74.4 Å². The number of benzene rings is 1. The van der Waals surface area contributed by atoms with E-state index in [-0.39, 0.29) is 0 Å². The lowest BCUT2D eigenvalue weighted by atomic mass is 10.3. The number of para-hydroxylation sites is 2. The van der Waals surface area contributed by atoms with E-state index in [2.05, 4.69) is 72.0 Å². The predicted molar refractivity (Wildman–Crippen MR) is 110 cm³/mol. The molecule has 0 bridgehead atoms. The van der Waals surface area contributed by atoms with Gasteiger partial charge < -0.3 is 19.8 Å². The molecule has 4 rings (SSSR count). The van der Waals surface area contributed by atoms with Crippen LogP contribution in [0.4, 0.5) is 0 Å². The number of nitrogens with zero attached hydrogens (tertiary/aromatic N) is 6. The number of nitrogens with one attached hydrogen (secondary N) is 2. The predicted octanol–water partition coefficient (Wildman–Crippen LogP) is 2.03. The molecule has 1 aliphatic heterocycles. The maximum Gasteiger partial charge on any atom is 0.191 e. The second kappa shape index (κ2) is 8.41. The van der Waals surface area contributed by atoms with Crippen LogP contribution in [0.5, 0.6) is 0 Å². The lowest BCUT2D eigenvalue weighted by molar-refractivity contribution is 0.623. The van der Waals surface area contributed by atoms with Crippen LogP contribution in [0.2, 0.25) is 0 Å². The molecule has 0 spiro atoms. The van der Waals surface area contributed by atoms with Gasteiger partial charge in [0.2, 0.25) is 0 Å². The number of fused-ring (bicyclic) bond motifs is 2. The Balaban J connectivity index is 1.33. The Kier molecular flexibility index (Phi) is 5.55. The third-order valence-corrected chi connectivity index (χ3v) is 5.11. The average Bonchev–Trinajstić information content (AvgIpc) is 3.38. The SMILES string of the molecule is CCNC(=NCc1nnc2n1CCC2)NCCCn1c(C)nc2ccccc21. The molecule has 8 nitrogen and oxygen atoms in total. The molecule has 0 atom stereocenters. The minimum atomic E-state index is 0.549. The van der Waals surface area contributed by atoms with Crippen LogP contribution in [-0.4, -0.2) is 43.4 Å². The minimum Gasteiger partial charge on any atom is -0.357 e. The fraction of sp³-hybridized carbons (Fsp3) is 0.500. The molecule has 0 saturated carbocycles. The molecule has 0 amide bonds. The number of guanidine groups is 1. The van der Waals surface area contributed by atoms with Gasteiger partial charge in [0, 0.05) is 32.6 Å². The molecule has 0 aliphatic carbocycles. The quantitative estimate of drug-likeness (QED) is 0.372. The summed E-state index contributed by atoms with van der Waals surface area (Å²) in [6.45, 7) is 8.30. The molecule has 1 aromatic carbocycles. The Morgan fingerprint density at radius 1 is 1.21 bits per heavy atom. The van der Waals surface area contributed by atoms with Crippen molar-refractivity contribution < 1.29 is 0 Å². The summed E-state index contributed by atoms with van der Waals surface area (Å²) < 4.78 is 4.47. The summed E-state index contributed by atoms with van der Waals surface area (Å²) in [6, 6.07) is 8.29. The second-order valence-corrected chi connectivity index (χ2v) is 7.06. The van der Waals surface area contributed by atoms with Gasteiger partial charge in [-0.1, -0.05) is 12.1 Å². The molecule has 0 saturated heterocycles. The van der Waals surface area contributed by atoms with Crippen LogP contribution in [0.3, 0.4) is 0 Å². The molecule has 1 aliphatic rings. The van der Waals surface area contributed by atoms with Crippen LogP contribution in [0.15, 0.2) is 29.3 Å². The van der Waals surface area contributed by atoms with Crippen LogP contribution in [0.1, 0.15) is 37.2 Å². The Hall–Kier alpha value is -2.90. The van der Waals surface area contributed by atoms with Crippen LogP contribution in [-0.2, 0) is 26.1 Å². The van der Waals surface area contributed by atoms with E-state index in [1.54, 1.807) is 0 Å². The summed E-state index contributed by atoms with van der Waals surface area (Å²) in [6.07, 6.45) is 3.17. The second-order valence-electron chi connectivity index (χ2n) is 7.06. The zero-order valence-corrected chi connectivity index (χ0v) is 16.6. The van der Waals surface area contributed by atoms with Crippen molar-refractivity contribution in [3.8, 4) is 0 Å². The van der Waals surface area contributed by atoms with Gasteiger partial charge in [0.15, 0.2) is 11.8 Å². The smallest absolute Gasteiger partial charge is 0.191 e.